The molecule has 1 N–H and O–H groups in total. The van der Waals surface area contributed by atoms with E-state index in [1.165, 1.54) is 0 Å². The standard InChI is InChI=1S/C14H15N5/c1-9-8-10(2)19-13(17-18-14(19)16-9)11-4-6-12(15-3)7-5-11/h4-8,15H,1-3H3. The lowest BCUT2D eigenvalue weighted by molar-refractivity contribution is 1.02. The fourth-order valence-electron chi connectivity index (χ4n) is 2.20. The first-order chi connectivity index (χ1) is 9.19. The molecule has 2 aromatic heterocycles. The van der Waals surface area contributed by atoms with Gasteiger partial charge in [-0.1, -0.05) is 0 Å². The van der Waals surface area contributed by atoms with Crippen molar-refractivity contribution < 1.29 is 0 Å². The Labute approximate surface area is 111 Å². The molecule has 0 amide bonds. The molecule has 0 aliphatic heterocycles. The SMILES string of the molecule is CNc1ccc(-c2nnc3nc(C)cc(C)n23)cc1. The van der Waals surface area contributed by atoms with Crippen molar-refractivity contribution in [2.24, 2.45) is 0 Å². The first-order valence-corrected chi connectivity index (χ1v) is 6.16. The quantitative estimate of drug-likeness (QED) is 0.762. The van der Waals surface area contributed by atoms with Gasteiger partial charge in [0.15, 0.2) is 5.82 Å². The predicted octanol–water partition coefficient (Wildman–Crippen LogP) is 2.45. The van der Waals surface area contributed by atoms with Crippen LogP contribution in [0, 0.1) is 13.8 Å². The van der Waals surface area contributed by atoms with Gasteiger partial charge in [-0.2, -0.15) is 0 Å². The molecule has 96 valence electrons. The van der Waals surface area contributed by atoms with E-state index in [1.54, 1.807) is 0 Å². The third kappa shape index (κ3) is 1.93. The van der Waals surface area contributed by atoms with Gasteiger partial charge in [-0.25, -0.2) is 4.98 Å². The largest absolute Gasteiger partial charge is 0.388 e. The van der Waals surface area contributed by atoms with Crippen LogP contribution in [0.3, 0.4) is 0 Å². The van der Waals surface area contributed by atoms with E-state index in [4.69, 9.17) is 0 Å². The summed E-state index contributed by atoms with van der Waals surface area (Å²) in [7, 11) is 1.90. The summed E-state index contributed by atoms with van der Waals surface area (Å²) in [5.41, 5.74) is 4.14. The van der Waals surface area contributed by atoms with Crippen molar-refractivity contribution in [3.8, 4) is 11.4 Å². The molecule has 0 atom stereocenters. The van der Waals surface area contributed by atoms with Crippen molar-refractivity contribution in [1.29, 1.82) is 0 Å². The maximum atomic E-state index is 4.39. The molecule has 0 aliphatic rings. The maximum Gasteiger partial charge on any atom is 0.255 e. The Kier molecular flexibility index (Phi) is 2.67. The topological polar surface area (TPSA) is 55.1 Å². The first-order valence-electron chi connectivity index (χ1n) is 6.16. The highest BCUT2D eigenvalue weighted by molar-refractivity contribution is 5.62. The van der Waals surface area contributed by atoms with Crippen LogP contribution in [0.2, 0.25) is 0 Å². The summed E-state index contributed by atoms with van der Waals surface area (Å²) in [6, 6.07) is 10.1. The van der Waals surface area contributed by atoms with Crippen LogP contribution in [-0.2, 0) is 0 Å². The van der Waals surface area contributed by atoms with Gasteiger partial charge in [0.1, 0.15) is 0 Å². The van der Waals surface area contributed by atoms with E-state index in [-0.39, 0.29) is 0 Å². The number of hydrogen-bond acceptors (Lipinski definition) is 4. The lowest BCUT2D eigenvalue weighted by Gasteiger charge is -2.05. The minimum absolute atomic E-state index is 0.644. The van der Waals surface area contributed by atoms with Gasteiger partial charge in [0, 0.05) is 29.7 Å². The molecule has 0 bridgehead atoms. The smallest absolute Gasteiger partial charge is 0.255 e. The molecule has 0 fully saturated rings. The molecular formula is C14H15N5. The van der Waals surface area contributed by atoms with Gasteiger partial charge < -0.3 is 5.32 Å². The molecule has 3 aromatic rings. The fraction of sp³-hybridized carbons (Fsp3) is 0.214. The zero-order valence-corrected chi connectivity index (χ0v) is 11.2. The Morgan fingerprint density at radius 3 is 2.47 bits per heavy atom. The van der Waals surface area contributed by atoms with Crippen molar-refractivity contribution in [3.05, 3.63) is 41.7 Å². The number of anilines is 1. The van der Waals surface area contributed by atoms with E-state index >= 15 is 0 Å². The molecule has 1 aromatic carbocycles. The molecule has 19 heavy (non-hydrogen) atoms. The number of benzene rings is 1. The number of nitrogens with one attached hydrogen (secondary N) is 1. The summed E-state index contributed by atoms with van der Waals surface area (Å²) in [4.78, 5) is 4.39. The number of nitrogens with zero attached hydrogens (tertiary/aromatic N) is 4. The molecule has 0 unspecified atom stereocenters. The van der Waals surface area contributed by atoms with Crippen LogP contribution in [0.4, 0.5) is 5.69 Å². The lowest BCUT2D eigenvalue weighted by Crippen LogP contribution is -1.98. The highest BCUT2D eigenvalue weighted by Crippen LogP contribution is 2.21. The number of aromatic nitrogens is 4. The zero-order chi connectivity index (χ0) is 13.4. The van der Waals surface area contributed by atoms with Crippen molar-refractivity contribution in [3.63, 3.8) is 0 Å². The summed E-state index contributed by atoms with van der Waals surface area (Å²) >= 11 is 0. The van der Waals surface area contributed by atoms with E-state index < -0.39 is 0 Å². The second-order valence-corrected chi connectivity index (χ2v) is 4.53. The average Bonchev–Trinajstić information content (AvgIpc) is 2.83. The third-order valence-corrected chi connectivity index (χ3v) is 3.12. The Morgan fingerprint density at radius 2 is 1.79 bits per heavy atom. The predicted molar refractivity (Wildman–Crippen MR) is 75.2 cm³/mol. The lowest BCUT2D eigenvalue weighted by atomic mass is 10.2. The number of hydrogen-bond donors (Lipinski definition) is 1. The van der Waals surface area contributed by atoms with Gasteiger partial charge in [-0.05, 0) is 44.2 Å². The molecule has 0 saturated carbocycles. The normalized spacial score (nSPS) is 10.9. The second kappa shape index (κ2) is 4.35. The third-order valence-electron chi connectivity index (χ3n) is 3.12. The highest BCUT2D eigenvalue weighted by atomic mass is 15.3. The summed E-state index contributed by atoms with van der Waals surface area (Å²) in [5.74, 6) is 1.47. The molecule has 0 radical (unpaired) electrons. The Hall–Kier alpha value is -2.43. The molecule has 0 spiro atoms. The molecule has 0 saturated heterocycles. The molecule has 5 nitrogen and oxygen atoms in total. The molecular weight excluding hydrogens is 238 g/mol. The molecule has 0 aliphatic carbocycles. The van der Waals surface area contributed by atoms with Gasteiger partial charge in [0.05, 0.1) is 0 Å². The van der Waals surface area contributed by atoms with Crippen LogP contribution < -0.4 is 5.32 Å². The van der Waals surface area contributed by atoms with Crippen LogP contribution in [0.1, 0.15) is 11.4 Å². The van der Waals surface area contributed by atoms with Crippen molar-refractivity contribution in [1.82, 2.24) is 19.6 Å². The van der Waals surface area contributed by atoms with Crippen LogP contribution in [0.25, 0.3) is 17.2 Å². The van der Waals surface area contributed by atoms with E-state index in [2.05, 4.69) is 20.5 Å². The zero-order valence-electron chi connectivity index (χ0n) is 11.2. The number of aryl methyl sites for hydroxylation is 2. The minimum atomic E-state index is 0.644. The van der Waals surface area contributed by atoms with Crippen molar-refractivity contribution >= 4 is 11.5 Å². The first kappa shape index (κ1) is 11.6. The van der Waals surface area contributed by atoms with Crippen LogP contribution >= 0.6 is 0 Å². The molecule has 5 heteroatoms. The fourth-order valence-corrected chi connectivity index (χ4v) is 2.20. The van der Waals surface area contributed by atoms with Crippen LogP contribution in [0.15, 0.2) is 30.3 Å². The Morgan fingerprint density at radius 1 is 1.05 bits per heavy atom. The summed E-state index contributed by atoms with van der Waals surface area (Å²) < 4.78 is 1.97. The molecule has 3 rings (SSSR count). The summed E-state index contributed by atoms with van der Waals surface area (Å²) in [5, 5.41) is 11.5. The van der Waals surface area contributed by atoms with Crippen LogP contribution in [0.5, 0.6) is 0 Å². The van der Waals surface area contributed by atoms with E-state index in [1.807, 2.05) is 55.6 Å². The van der Waals surface area contributed by atoms with E-state index in [0.717, 1.165) is 28.5 Å². The van der Waals surface area contributed by atoms with E-state index in [0.29, 0.717) is 5.78 Å². The number of rotatable bonds is 2. The van der Waals surface area contributed by atoms with Gasteiger partial charge >= 0.3 is 0 Å². The average molecular weight is 253 g/mol. The summed E-state index contributed by atoms with van der Waals surface area (Å²) in [6.07, 6.45) is 0. The number of fused-ring (bicyclic) bond motifs is 1. The van der Waals surface area contributed by atoms with Gasteiger partial charge in [-0.3, -0.25) is 4.40 Å². The maximum absolute atomic E-state index is 4.39. The Balaban J connectivity index is 2.19. The van der Waals surface area contributed by atoms with Gasteiger partial charge in [0.2, 0.25) is 0 Å². The van der Waals surface area contributed by atoms with Crippen LogP contribution in [-0.4, -0.2) is 26.6 Å². The summed E-state index contributed by atoms with van der Waals surface area (Å²) in [6.45, 7) is 4.00. The van der Waals surface area contributed by atoms with Crippen molar-refractivity contribution in [2.75, 3.05) is 12.4 Å². The molecule has 2 heterocycles. The van der Waals surface area contributed by atoms with Gasteiger partial charge in [0.25, 0.3) is 5.78 Å². The highest BCUT2D eigenvalue weighted by Gasteiger charge is 2.11. The van der Waals surface area contributed by atoms with Crippen molar-refractivity contribution in [2.45, 2.75) is 13.8 Å². The minimum Gasteiger partial charge on any atom is -0.388 e. The monoisotopic (exact) mass is 253 g/mol. The van der Waals surface area contributed by atoms with E-state index in [9.17, 15) is 0 Å². The second-order valence-electron chi connectivity index (χ2n) is 4.53. The Bertz CT molecular complexity index is 727. The van der Waals surface area contributed by atoms with Gasteiger partial charge in [-0.15, -0.1) is 10.2 Å².